The van der Waals surface area contributed by atoms with E-state index < -0.39 is 43.2 Å². The van der Waals surface area contributed by atoms with Crippen molar-refractivity contribution in [1.29, 1.82) is 0 Å². The first-order valence-electron chi connectivity index (χ1n) is 4.74. The summed E-state index contributed by atoms with van der Waals surface area (Å²) in [4.78, 5) is 10.2. The number of hydrogen-bond donors (Lipinski definition) is 6. The van der Waals surface area contributed by atoms with Crippen LogP contribution in [0.2, 0.25) is 0 Å². The Morgan fingerprint density at radius 2 is 1.69 bits per heavy atom. The van der Waals surface area contributed by atoms with Gasteiger partial charge in [-0.3, -0.25) is 0 Å². The van der Waals surface area contributed by atoms with Crippen LogP contribution < -0.4 is 5.32 Å². The molecule has 8 heteroatoms. The fourth-order valence-corrected chi connectivity index (χ4v) is 1.54. The van der Waals surface area contributed by atoms with E-state index in [0.29, 0.717) is 0 Å². The number of carbonyl (C=O) groups is 1. The highest BCUT2D eigenvalue weighted by atomic mass is 16.5. The molecule has 0 radical (unpaired) electrons. The summed E-state index contributed by atoms with van der Waals surface area (Å²) in [5.74, 6) is 0. The van der Waals surface area contributed by atoms with Gasteiger partial charge < -0.3 is 35.6 Å². The molecule has 1 fully saturated rings. The molecule has 0 aromatic heterocycles. The summed E-state index contributed by atoms with van der Waals surface area (Å²) in [6.45, 7) is -0.773. The molecule has 1 aliphatic rings. The van der Waals surface area contributed by atoms with Crippen molar-refractivity contribution < 1.29 is 35.1 Å². The van der Waals surface area contributed by atoms with Gasteiger partial charge in [-0.1, -0.05) is 0 Å². The van der Waals surface area contributed by atoms with E-state index in [1.165, 1.54) is 0 Å². The Morgan fingerprint density at radius 1 is 1.12 bits per heavy atom. The molecular formula is C8H15NO7. The molecule has 16 heavy (non-hydrogen) atoms. The minimum Gasteiger partial charge on any atom is -0.465 e. The average Bonchev–Trinajstić information content (AvgIpc) is 2.25. The molecule has 0 unspecified atom stereocenters. The van der Waals surface area contributed by atoms with E-state index in [4.69, 9.17) is 14.9 Å². The van der Waals surface area contributed by atoms with Crippen LogP contribution in [-0.4, -0.2) is 75.3 Å². The lowest BCUT2D eigenvalue weighted by Gasteiger charge is -2.39. The standard InChI is InChI=1S/C8H15NO7/c10-2-4-6(12)7(13)5(11)3(16-4)1-9-8(14)15/h3-7,9-13H,1-2H2,(H,14,15)/t3-,4+,5-,6+,7+/m0/s1. The Hall–Kier alpha value is -0.930. The Labute approximate surface area is 91.1 Å². The highest BCUT2D eigenvalue weighted by molar-refractivity contribution is 5.64. The molecular weight excluding hydrogens is 222 g/mol. The summed E-state index contributed by atoms with van der Waals surface area (Å²) in [7, 11) is 0. The number of amides is 1. The summed E-state index contributed by atoms with van der Waals surface area (Å²) < 4.78 is 5.05. The molecule has 1 rings (SSSR count). The lowest BCUT2D eigenvalue weighted by molar-refractivity contribution is -0.227. The lowest BCUT2D eigenvalue weighted by Crippen LogP contribution is -2.60. The van der Waals surface area contributed by atoms with Crippen molar-refractivity contribution in [2.75, 3.05) is 13.2 Å². The van der Waals surface area contributed by atoms with Crippen molar-refractivity contribution in [3.63, 3.8) is 0 Å². The maximum atomic E-state index is 10.2. The zero-order valence-electron chi connectivity index (χ0n) is 8.35. The van der Waals surface area contributed by atoms with E-state index in [2.05, 4.69) is 0 Å². The Kier molecular flexibility index (Phi) is 4.44. The molecule has 1 aliphatic heterocycles. The predicted molar refractivity (Wildman–Crippen MR) is 49.8 cm³/mol. The normalized spacial score (nSPS) is 39.4. The van der Waals surface area contributed by atoms with Gasteiger partial charge in [-0.15, -0.1) is 0 Å². The highest BCUT2D eigenvalue weighted by Crippen LogP contribution is 2.20. The third-order valence-corrected chi connectivity index (χ3v) is 2.45. The average molecular weight is 237 g/mol. The van der Waals surface area contributed by atoms with Gasteiger partial charge in [0.05, 0.1) is 6.61 Å². The molecule has 0 aliphatic carbocycles. The fourth-order valence-electron chi connectivity index (χ4n) is 1.54. The van der Waals surface area contributed by atoms with E-state index in [-0.39, 0.29) is 6.54 Å². The van der Waals surface area contributed by atoms with Crippen LogP contribution in [0.5, 0.6) is 0 Å². The molecule has 0 aromatic rings. The quantitative estimate of drug-likeness (QED) is 0.309. The van der Waals surface area contributed by atoms with E-state index in [1.54, 1.807) is 0 Å². The Morgan fingerprint density at radius 3 is 2.19 bits per heavy atom. The number of carboxylic acid groups (broad SMARTS) is 1. The van der Waals surface area contributed by atoms with Crippen LogP contribution in [0.4, 0.5) is 4.79 Å². The smallest absolute Gasteiger partial charge is 0.404 e. The van der Waals surface area contributed by atoms with Crippen LogP contribution >= 0.6 is 0 Å². The van der Waals surface area contributed by atoms with Crippen LogP contribution in [0.15, 0.2) is 0 Å². The second kappa shape index (κ2) is 5.41. The number of aliphatic hydroxyl groups excluding tert-OH is 4. The molecule has 0 saturated carbocycles. The van der Waals surface area contributed by atoms with Crippen molar-refractivity contribution in [1.82, 2.24) is 5.32 Å². The largest absolute Gasteiger partial charge is 0.465 e. The molecule has 6 N–H and O–H groups in total. The minimum atomic E-state index is -1.48. The molecule has 0 bridgehead atoms. The van der Waals surface area contributed by atoms with Gasteiger partial charge in [-0.2, -0.15) is 0 Å². The molecule has 1 amide bonds. The summed E-state index contributed by atoms with van der Waals surface area (Å²) in [5, 5.41) is 47.5. The first kappa shape index (κ1) is 13.1. The van der Waals surface area contributed by atoms with Crippen molar-refractivity contribution in [2.45, 2.75) is 30.5 Å². The van der Waals surface area contributed by atoms with Gasteiger partial charge in [0.2, 0.25) is 0 Å². The summed E-state index contributed by atoms with van der Waals surface area (Å²) in [5.41, 5.74) is 0. The maximum Gasteiger partial charge on any atom is 0.404 e. The molecule has 1 heterocycles. The summed E-state index contributed by atoms with van der Waals surface area (Å²) in [6, 6.07) is 0. The van der Waals surface area contributed by atoms with Crippen molar-refractivity contribution in [2.24, 2.45) is 0 Å². The Bertz CT molecular complexity index is 247. The summed E-state index contributed by atoms with van der Waals surface area (Å²) in [6.07, 6.45) is -7.64. The van der Waals surface area contributed by atoms with Crippen molar-refractivity contribution in [3.05, 3.63) is 0 Å². The monoisotopic (exact) mass is 237 g/mol. The minimum absolute atomic E-state index is 0.239. The van der Waals surface area contributed by atoms with Gasteiger partial charge in [0.15, 0.2) is 0 Å². The molecule has 5 atom stereocenters. The SMILES string of the molecule is O=C(O)NC[C@@H]1O[C@H](CO)[C@@H](O)[C@H](O)[C@H]1O. The van der Waals surface area contributed by atoms with E-state index in [1.807, 2.05) is 5.32 Å². The van der Waals surface area contributed by atoms with Gasteiger partial charge in [-0.05, 0) is 0 Å². The van der Waals surface area contributed by atoms with E-state index >= 15 is 0 Å². The van der Waals surface area contributed by atoms with Crippen LogP contribution in [-0.2, 0) is 4.74 Å². The highest BCUT2D eigenvalue weighted by Gasteiger charge is 2.43. The molecule has 1 saturated heterocycles. The van der Waals surface area contributed by atoms with Gasteiger partial charge in [-0.25, -0.2) is 4.79 Å². The topological polar surface area (TPSA) is 139 Å². The van der Waals surface area contributed by atoms with Crippen LogP contribution in [0.3, 0.4) is 0 Å². The first-order valence-corrected chi connectivity index (χ1v) is 4.74. The number of hydrogen-bond acceptors (Lipinski definition) is 6. The third kappa shape index (κ3) is 2.80. The number of ether oxygens (including phenoxy) is 1. The van der Waals surface area contributed by atoms with Crippen molar-refractivity contribution in [3.8, 4) is 0 Å². The van der Waals surface area contributed by atoms with E-state index in [0.717, 1.165) is 0 Å². The van der Waals surface area contributed by atoms with Gasteiger partial charge in [0, 0.05) is 6.54 Å². The second-order valence-electron chi connectivity index (χ2n) is 3.55. The molecule has 0 spiro atoms. The lowest BCUT2D eigenvalue weighted by atomic mass is 9.95. The second-order valence-corrected chi connectivity index (χ2v) is 3.55. The zero-order chi connectivity index (χ0) is 12.3. The maximum absolute atomic E-state index is 10.2. The summed E-state index contributed by atoms with van der Waals surface area (Å²) >= 11 is 0. The van der Waals surface area contributed by atoms with Gasteiger partial charge in [0.25, 0.3) is 0 Å². The first-order chi connectivity index (χ1) is 7.47. The van der Waals surface area contributed by atoms with Gasteiger partial charge >= 0.3 is 6.09 Å². The third-order valence-electron chi connectivity index (χ3n) is 2.45. The van der Waals surface area contributed by atoms with Gasteiger partial charge in [0.1, 0.15) is 30.5 Å². The fraction of sp³-hybridized carbons (Fsp3) is 0.875. The number of aliphatic hydroxyl groups is 4. The number of nitrogens with one attached hydrogen (secondary N) is 1. The van der Waals surface area contributed by atoms with Crippen molar-refractivity contribution >= 4 is 6.09 Å². The number of rotatable bonds is 3. The molecule has 94 valence electrons. The van der Waals surface area contributed by atoms with Crippen LogP contribution in [0.25, 0.3) is 0 Å². The predicted octanol–water partition coefficient (Wildman–Crippen LogP) is -2.90. The Balaban J connectivity index is 2.60. The molecule has 0 aromatic carbocycles. The van der Waals surface area contributed by atoms with Crippen LogP contribution in [0.1, 0.15) is 0 Å². The van der Waals surface area contributed by atoms with E-state index in [9.17, 15) is 20.1 Å². The zero-order valence-corrected chi connectivity index (χ0v) is 8.35. The molecule has 8 nitrogen and oxygen atoms in total. The van der Waals surface area contributed by atoms with Crippen LogP contribution in [0, 0.1) is 0 Å².